The van der Waals surface area contributed by atoms with Crippen LogP contribution in [0.2, 0.25) is 0 Å². The number of hydrogen-bond donors (Lipinski definition) is 6. The highest BCUT2D eigenvalue weighted by atomic mass is 31.2. The Morgan fingerprint density at radius 2 is 1.69 bits per heavy atom. The average Bonchev–Trinajstić information content (AvgIpc) is 3.05. The highest BCUT2D eigenvalue weighted by Gasteiger charge is 2.63. The molecule has 1 amide bonds. The quantitative estimate of drug-likeness (QED) is 0.105. The average molecular weight is 729 g/mol. The fraction of sp³-hybridized carbons (Fsp3) is 0.457. The number of aromatic hydroxyl groups is 1. The molecule has 2 aromatic carbocycles. The van der Waals surface area contributed by atoms with Crippen LogP contribution in [0.15, 0.2) is 53.0 Å². The summed E-state index contributed by atoms with van der Waals surface area (Å²) in [6.07, 6.45) is 0.0407. The summed E-state index contributed by atoms with van der Waals surface area (Å²) in [6, 6.07) is 7.15. The van der Waals surface area contributed by atoms with E-state index in [0.717, 1.165) is 0 Å². The number of ether oxygens (including phenoxy) is 1. The Hall–Kier alpha value is -4.40. The van der Waals surface area contributed by atoms with Crippen molar-refractivity contribution in [1.29, 1.82) is 0 Å². The molecule has 0 fully saturated rings. The number of nitrogens with one attached hydrogen (secondary N) is 1. The van der Waals surface area contributed by atoms with Gasteiger partial charge in [-0.15, -0.1) is 0 Å². The van der Waals surface area contributed by atoms with Gasteiger partial charge < -0.3 is 50.2 Å². The van der Waals surface area contributed by atoms with Crippen LogP contribution < -0.4 is 20.7 Å². The smallest absolute Gasteiger partial charge is 0.357 e. The van der Waals surface area contributed by atoms with Crippen LogP contribution in [0.3, 0.4) is 0 Å². The number of fused-ring (bicyclic) bond motifs is 3. The molecule has 0 aromatic heterocycles. The van der Waals surface area contributed by atoms with Crippen LogP contribution in [0, 0.1) is 11.8 Å². The summed E-state index contributed by atoms with van der Waals surface area (Å²) in [7, 11) is 4.14. The van der Waals surface area contributed by atoms with Gasteiger partial charge in [0, 0.05) is 31.3 Å². The minimum absolute atomic E-state index is 0.0116. The molecule has 5 rings (SSSR count). The zero-order chi connectivity index (χ0) is 37.7. The number of likely N-dealkylation sites (N-methyl/N-ethyl adjacent to an activating group) is 1. The molecule has 1 unspecified atom stereocenters. The number of benzene rings is 2. The third-order valence-corrected chi connectivity index (χ3v) is 12.1. The van der Waals surface area contributed by atoms with Gasteiger partial charge in [-0.25, -0.2) is 0 Å². The molecule has 0 spiro atoms. The number of phenols is 1. The van der Waals surface area contributed by atoms with Gasteiger partial charge in [0.05, 0.1) is 37.6 Å². The van der Waals surface area contributed by atoms with E-state index < -0.39 is 77.2 Å². The largest absolute Gasteiger partial charge is 0.510 e. The van der Waals surface area contributed by atoms with Crippen LogP contribution in [0.25, 0.3) is 0 Å². The second-order valence-electron chi connectivity index (χ2n) is 13.2. The lowest BCUT2D eigenvalue weighted by Gasteiger charge is -2.50. The number of anilines is 2. The van der Waals surface area contributed by atoms with Crippen LogP contribution in [0.1, 0.15) is 47.5 Å². The number of aliphatic hydroxyl groups is 3. The van der Waals surface area contributed by atoms with Crippen molar-refractivity contribution in [1.82, 2.24) is 4.90 Å². The number of rotatable bonds is 12. The highest BCUT2D eigenvalue weighted by molar-refractivity contribution is 7.54. The molecular weight excluding hydrogens is 683 g/mol. The Morgan fingerprint density at radius 1 is 1.08 bits per heavy atom. The number of aliphatic hydroxyl groups excluding tert-OH is 2. The van der Waals surface area contributed by atoms with Crippen molar-refractivity contribution in [3.8, 4) is 11.5 Å². The SMILES string of the molecule is CCOP(=O)(OCC)C(Nc1cc(N(C)C)c2c(c1O)C(=O)C1=C(O)[C@]3(O)C(=O)C(C(N)=O)=C(O)[C@H](N(C)C)[C@H]3C[C@@H]1C2)c1ccc(OC)cc1. The van der Waals surface area contributed by atoms with Crippen LogP contribution in [-0.2, 0) is 29.6 Å². The minimum atomic E-state index is -3.99. The fourth-order valence-electron chi connectivity index (χ4n) is 7.63. The summed E-state index contributed by atoms with van der Waals surface area (Å²) < 4.78 is 31.0. The van der Waals surface area contributed by atoms with Crippen LogP contribution >= 0.6 is 7.60 Å². The van der Waals surface area contributed by atoms with Gasteiger partial charge in [-0.1, -0.05) is 12.1 Å². The van der Waals surface area contributed by atoms with E-state index in [0.29, 0.717) is 22.6 Å². The van der Waals surface area contributed by atoms with Gasteiger partial charge in [-0.05, 0) is 76.0 Å². The van der Waals surface area contributed by atoms with Gasteiger partial charge in [0.1, 0.15) is 28.6 Å². The van der Waals surface area contributed by atoms with E-state index in [4.69, 9.17) is 19.5 Å². The second-order valence-corrected chi connectivity index (χ2v) is 15.3. The topological polar surface area (TPSA) is 221 Å². The Kier molecular flexibility index (Phi) is 10.4. The molecule has 0 bridgehead atoms. The minimum Gasteiger partial charge on any atom is -0.510 e. The van der Waals surface area contributed by atoms with E-state index in [1.807, 2.05) is 0 Å². The van der Waals surface area contributed by atoms with Crippen molar-refractivity contribution in [3.63, 3.8) is 0 Å². The van der Waals surface area contributed by atoms with Crippen molar-refractivity contribution in [3.05, 3.63) is 69.7 Å². The molecule has 0 radical (unpaired) electrons. The molecular formula is C35H45N4O11P. The zero-order valence-electron chi connectivity index (χ0n) is 29.6. The molecule has 0 saturated heterocycles. The molecule has 0 aliphatic heterocycles. The number of phenolic OH excluding ortho intramolecular Hbond substituents is 1. The van der Waals surface area contributed by atoms with Gasteiger partial charge in [0.15, 0.2) is 17.2 Å². The summed E-state index contributed by atoms with van der Waals surface area (Å²) in [5, 5.41) is 49.7. The monoisotopic (exact) mass is 728 g/mol. The number of primary amides is 1. The van der Waals surface area contributed by atoms with Gasteiger partial charge in [0.2, 0.25) is 5.78 Å². The van der Waals surface area contributed by atoms with Crippen molar-refractivity contribution in [2.45, 2.75) is 44.1 Å². The van der Waals surface area contributed by atoms with Gasteiger partial charge in [0.25, 0.3) is 5.91 Å². The Morgan fingerprint density at radius 3 is 2.20 bits per heavy atom. The normalized spacial score (nSPS) is 23.8. The highest BCUT2D eigenvalue weighted by Crippen LogP contribution is 2.62. The number of nitrogens with two attached hydrogens (primary N) is 1. The second kappa shape index (κ2) is 14.0. The number of Topliss-reactive ketones (excluding diaryl/α,β-unsaturated/α-hetero) is 2. The van der Waals surface area contributed by atoms with Crippen molar-refractivity contribution in [2.75, 3.05) is 58.7 Å². The van der Waals surface area contributed by atoms with Crippen LogP contribution in [0.4, 0.5) is 11.4 Å². The lowest BCUT2D eigenvalue weighted by molar-refractivity contribution is -0.148. The maximum absolute atomic E-state index is 14.5. The summed E-state index contributed by atoms with van der Waals surface area (Å²) >= 11 is 0. The van der Waals surface area contributed by atoms with E-state index in [1.54, 1.807) is 77.3 Å². The maximum atomic E-state index is 14.5. The number of nitrogens with zero attached hydrogens (tertiary/aromatic N) is 2. The number of allylic oxidation sites excluding steroid dienone is 1. The van der Waals surface area contributed by atoms with Crippen molar-refractivity contribution < 1.29 is 53.2 Å². The van der Waals surface area contributed by atoms with Crippen LogP contribution in [-0.4, -0.2) is 103 Å². The molecule has 276 valence electrons. The van der Waals surface area contributed by atoms with E-state index >= 15 is 0 Å². The number of carbonyl (C=O) groups excluding carboxylic acids is 3. The fourth-order valence-corrected chi connectivity index (χ4v) is 9.56. The van der Waals surface area contributed by atoms with E-state index in [9.17, 15) is 39.4 Å². The molecule has 0 saturated carbocycles. The van der Waals surface area contributed by atoms with Gasteiger partial charge in [-0.3, -0.25) is 23.8 Å². The first kappa shape index (κ1) is 37.8. The number of hydrogen-bond acceptors (Lipinski definition) is 14. The van der Waals surface area contributed by atoms with Crippen LogP contribution in [0.5, 0.6) is 11.5 Å². The summed E-state index contributed by atoms with van der Waals surface area (Å²) in [6.45, 7) is 3.41. The summed E-state index contributed by atoms with van der Waals surface area (Å²) in [5.41, 5.74) is 2.67. The third kappa shape index (κ3) is 6.06. The first-order valence-corrected chi connectivity index (χ1v) is 18.1. The van der Waals surface area contributed by atoms with E-state index in [1.165, 1.54) is 12.0 Å². The Labute approximate surface area is 295 Å². The Bertz CT molecular complexity index is 1860. The summed E-state index contributed by atoms with van der Waals surface area (Å²) in [5.74, 6) is -8.18. The first-order chi connectivity index (χ1) is 24.0. The molecule has 3 aliphatic rings. The number of ketones is 2. The molecule has 15 nitrogen and oxygen atoms in total. The summed E-state index contributed by atoms with van der Waals surface area (Å²) in [4.78, 5) is 43.8. The Balaban J connectivity index is 1.70. The number of methoxy groups -OCH3 is 1. The maximum Gasteiger partial charge on any atom is 0.357 e. The van der Waals surface area contributed by atoms with Gasteiger partial charge in [-0.2, -0.15) is 0 Å². The number of carbonyl (C=O) groups is 3. The zero-order valence-corrected chi connectivity index (χ0v) is 30.5. The standard InChI is InChI=1S/C35H45N4O11P/c1-8-49-51(47,50-9-2)34(17-10-12-19(48-7)13-11-17)37-22-16-23(38(3)4)20-14-18-15-21-27(39(5)6)30(42)26(33(36)45)32(44)35(21,46)31(43)24(18)29(41)25(20)28(22)40/h10-13,16,18,21,27,34,37,40,42-43,46H,8-9,14-15H2,1-7H3,(H2,36,45)/t18-,21+,27+,34?,35-/m0/s1. The predicted octanol–water partition coefficient (Wildman–Crippen LogP) is 3.57. The van der Waals surface area contributed by atoms with E-state index in [2.05, 4.69) is 5.32 Å². The molecule has 16 heteroatoms. The lowest BCUT2D eigenvalue weighted by atomic mass is 9.58. The number of amides is 1. The third-order valence-electron chi connectivity index (χ3n) is 9.84. The van der Waals surface area contributed by atoms with Crippen molar-refractivity contribution >= 4 is 36.4 Å². The molecule has 51 heavy (non-hydrogen) atoms. The molecule has 7 N–H and O–H groups in total. The molecule has 2 aromatic rings. The van der Waals surface area contributed by atoms with Gasteiger partial charge >= 0.3 is 7.60 Å². The predicted molar refractivity (Wildman–Crippen MR) is 188 cm³/mol. The molecule has 3 aliphatic carbocycles. The van der Waals surface area contributed by atoms with Crippen molar-refractivity contribution in [2.24, 2.45) is 17.6 Å². The molecule has 0 heterocycles. The lowest BCUT2D eigenvalue weighted by Crippen LogP contribution is -2.63. The first-order valence-electron chi connectivity index (χ1n) is 16.5. The molecule has 5 atom stereocenters. The van der Waals surface area contributed by atoms with E-state index in [-0.39, 0.29) is 42.9 Å².